The first-order valence-electron chi connectivity index (χ1n) is 32.6. The SMILES string of the molecule is CC/C=C\C/C=C\C/C=C\C/C=C\C/C=C\C/C=C\C/C=C\C/C=C\C/C=C\CCCCCCCC(=O)OCC(COC(=O)CCCC/C=C\C/C=C\C/C=C\C/C=C\CC)OC(=O)CCCCCC/C=C\C/C=C\C/C=C\C/C=C\CC. The van der Waals surface area contributed by atoms with E-state index in [2.05, 4.69) is 227 Å². The number of esters is 3. The molecule has 0 amide bonds. The summed E-state index contributed by atoms with van der Waals surface area (Å²) in [7, 11) is 0. The van der Waals surface area contributed by atoms with E-state index in [-0.39, 0.29) is 44.0 Å². The Bertz CT molecular complexity index is 2030. The van der Waals surface area contributed by atoms with E-state index in [1.807, 2.05) is 0 Å². The molecule has 0 rings (SSSR count). The highest BCUT2D eigenvalue weighted by molar-refractivity contribution is 5.71. The van der Waals surface area contributed by atoms with Crippen LogP contribution < -0.4 is 0 Å². The topological polar surface area (TPSA) is 78.9 Å². The van der Waals surface area contributed by atoms with Crippen molar-refractivity contribution in [3.63, 3.8) is 0 Å². The summed E-state index contributed by atoms with van der Waals surface area (Å²) >= 11 is 0. The highest BCUT2D eigenvalue weighted by Gasteiger charge is 2.19. The van der Waals surface area contributed by atoms with Crippen LogP contribution in [-0.4, -0.2) is 37.2 Å². The highest BCUT2D eigenvalue weighted by atomic mass is 16.6. The fourth-order valence-electron chi connectivity index (χ4n) is 8.00. The van der Waals surface area contributed by atoms with Gasteiger partial charge in [0.05, 0.1) is 0 Å². The molecule has 460 valence electrons. The molecule has 0 aliphatic heterocycles. The zero-order chi connectivity index (χ0) is 59.9. The molecule has 0 aliphatic carbocycles. The molecule has 0 spiro atoms. The fourth-order valence-corrected chi connectivity index (χ4v) is 8.00. The number of carbonyl (C=O) groups excluding carboxylic acids is 3. The van der Waals surface area contributed by atoms with E-state index in [0.717, 1.165) is 193 Å². The van der Waals surface area contributed by atoms with Crippen LogP contribution in [-0.2, 0) is 28.6 Å². The summed E-state index contributed by atoms with van der Waals surface area (Å²) in [4.78, 5) is 38.3. The first kappa shape index (κ1) is 77.0. The van der Waals surface area contributed by atoms with Crippen LogP contribution in [0.4, 0.5) is 0 Å². The minimum absolute atomic E-state index is 0.123. The minimum atomic E-state index is -0.831. The first-order valence-corrected chi connectivity index (χ1v) is 32.6. The molecule has 0 bridgehead atoms. The maximum Gasteiger partial charge on any atom is 0.306 e. The van der Waals surface area contributed by atoms with Gasteiger partial charge in [0.15, 0.2) is 6.10 Å². The zero-order valence-electron chi connectivity index (χ0n) is 52.6. The summed E-state index contributed by atoms with van der Waals surface area (Å²) in [5, 5.41) is 0. The Morgan fingerprint density at radius 3 is 0.699 bits per heavy atom. The number of allylic oxidation sites excluding steroid dienone is 34. The third-order valence-corrected chi connectivity index (χ3v) is 12.8. The molecule has 0 aromatic rings. The zero-order valence-corrected chi connectivity index (χ0v) is 52.6. The van der Waals surface area contributed by atoms with Crippen molar-refractivity contribution in [2.45, 2.75) is 245 Å². The molecule has 0 aromatic carbocycles. The van der Waals surface area contributed by atoms with Gasteiger partial charge in [0.2, 0.25) is 0 Å². The fraction of sp³-hybridized carbons (Fsp3) is 0.519. The molecule has 0 fully saturated rings. The summed E-state index contributed by atoms with van der Waals surface area (Å²) < 4.78 is 16.8. The van der Waals surface area contributed by atoms with E-state index >= 15 is 0 Å². The Morgan fingerprint density at radius 2 is 0.434 bits per heavy atom. The second-order valence-electron chi connectivity index (χ2n) is 20.5. The maximum atomic E-state index is 12.9. The van der Waals surface area contributed by atoms with Crippen molar-refractivity contribution in [2.75, 3.05) is 13.2 Å². The molecule has 0 aromatic heterocycles. The summed E-state index contributed by atoms with van der Waals surface area (Å²) in [6.07, 6.45) is 106. The van der Waals surface area contributed by atoms with E-state index < -0.39 is 6.10 Å². The smallest absolute Gasteiger partial charge is 0.306 e. The van der Waals surface area contributed by atoms with Gasteiger partial charge in [0, 0.05) is 19.3 Å². The molecule has 0 saturated heterocycles. The third-order valence-electron chi connectivity index (χ3n) is 12.8. The van der Waals surface area contributed by atoms with Crippen LogP contribution in [0, 0.1) is 0 Å². The van der Waals surface area contributed by atoms with Crippen molar-refractivity contribution < 1.29 is 28.6 Å². The molecule has 6 heteroatoms. The molecular weight excluding hydrogens is 1020 g/mol. The van der Waals surface area contributed by atoms with Crippen LogP contribution in [0.25, 0.3) is 0 Å². The van der Waals surface area contributed by atoms with E-state index in [1.165, 1.54) is 0 Å². The minimum Gasteiger partial charge on any atom is -0.462 e. The molecule has 0 aliphatic rings. The Morgan fingerprint density at radius 1 is 0.241 bits per heavy atom. The lowest BCUT2D eigenvalue weighted by atomic mass is 10.1. The Hall–Kier alpha value is -6.01. The molecule has 1 unspecified atom stereocenters. The second kappa shape index (κ2) is 68.5. The van der Waals surface area contributed by atoms with Gasteiger partial charge in [-0.25, -0.2) is 0 Å². The van der Waals surface area contributed by atoms with Gasteiger partial charge in [-0.3, -0.25) is 14.4 Å². The number of ether oxygens (including phenoxy) is 3. The normalized spacial score (nSPS) is 13.5. The summed E-state index contributed by atoms with van der Waals surface area (Å²) in [5.74, 6) is -1.02. The van der Waals surface area contributed by atoms with E-state index in [4.69, 9.17) is 14.2 Å². The second-order valence-corrected chi connectivity index (χ2v) is 20.5. The van der Waals surface area contributed by atoms with Crippen molar-refractivity contribution in [3.05, 3.63) is 207 Å². The Balaban J connectivity index is 4.45. The largest absolute Gasteiger partial charge is 0.462 e. The van der Waals surface area contributed by atoms with E-state index in [1.54, 1.807) is 0 Å². The maximum absolute atomic E-state index is 12.9. The van der Waals surface area contributed by atoms with Crippen LogP contribution in [0.2, 0.25) is 0 Å². The summed E-state index contributed by atoms with van der Waals surface area (Å²) in [6, 6.07) is 0. The van der Waals surface area contributed by atoms with Gasteiger partial charge in [-0.05, 0) is 167 Å². The standard InChI is InChI=1S/C77H116O6/c1-4-7-10-13-16-19-22-25-28-30-31-32-33-34-35-36-37-38-39-40-41-42-43-44-45-47-49-52-55-58-61-64-67-70-76(79)82-73-74(72-81-75(78)69-66-63-60-57-54-51-48-27-24-21-18-15-12-9-6-3)83-77(80)71-68-65-62-59-56-53-50-46-29-26-23-20-17-14-11-8-5-2/h7-12,16-21,25-29,31-32,34-35,37-38,40-41,43-44,47-50,53-54,57,74H,4-6,13-15,22-24,30,33,36,39,42,45-46,51-52,55-56,58-73H2,1-3H3/b10-7-,11-8-,12-9-,19-16-,20-17-,21-18-,28-25-,29-26-,32-31-,35-34-,38-37-,41-40-,44-43-,48-27-,49-47-,53-50-,57-54-. The molecule has 1 atom stereocenters. The van der Waals surface area contributed by atoms with Crippen molar-refractivity contribution in [2.24, 2.45) is 0 Å². The van der Waals surface area contributed by atoms with Gasteiger partial charge in [0.1, 0.15) is 13.2 Å². The van der Waals surface area contributed by atoms with Gasteiger partial charge in [-0.1, -0.05) is 259 Å². The van der Waals surface area contributed by atoms with Crippen LogP contribution in [0.3, 0.4) is 0 Å². The number of hydrogen-bond donors (Lipinski definition) is 0. The number of unbranched alkanes of at least 4 members (excludes halogenated alkanes) is 11. The molecule has 0 N–H and O–H groups in total. The predicted octanol–water partition coefficient (Wildman–Crippen LogP) is 22.8. The Labute approximate surface area is 509 Å². The van der Waals surface area contributed by atoms with Crippen LogP contribution in [0.1, 0.15) is 239 Å². The summed E-state index contributed by atoms with van der Waals surface area (Å²) in [6.45, 7) is 6.20. The van der Waals surface area contributed by atoms with Gasteiger partial charge in [0.25, 0.3) is 0 Å². The van der Waals surface area contributed by atoms with Crippen LogP contribution in [0.15, 0.2) is 207 Å². The number of carbonyl (C=O) groups is 3. The predicted molar refractivity (Wildman–Crippen MR) is 361 cm³/mol. The van der Waals surface area contributed by atoms with Crippen molar-refractivity contribution in [1.29, 1.82) is 0 Å². The monoisotopic (exact) mass is 1140 g/mol. The molecule has 6 nitrogen and oxygen atoms in total. The molecule has 0 saturated carbocycles. The highest BCUT2D eigenvalue weighted by Crippen LogP contribution is 2.12. The van der Waals surface area contributed by atoms with Gasteiger partial charge >= 0.3 is 17.9 Å². The average molecular weight is 1140 g/mol. The quantitative estimate of drug-likeness (QED) is 0.0261. The van der Waals surface area contributed by atoms with E-state index in [0.29, 0.717) is 12.8 Å². The summed E-state index contributed by atoms with van der Waals surface area (Å²) in [5.41, 5.74) is 0. The molecular formula is C77H116O6. The average Bonchev–Trinajstić information content (AvgIpc) is 3.49. The van der Waals surface area contributed by atoms with Crippen LogP contribution >= 0.6 is 0 Å². The molecule has 83 heavy (non-hydrogen) atoms. The first-order chi connectivity index (χ1) is 41.0. The molecule has 0 heterocycles. The van der Waals surface area contributed by atoms with Gasteiger partial charge < -0.3 is 14.2 Å². The van der Waals surface area contributed by atoms with Gasteiger partial charge in [-0.15, -0.1) is 0 Å². The number of rotatable bonds is 56. The lowest BCUT2D eigenvalue weighted by molar-refractivity contribution is -0.167. The number of hydrogen-bond acceptors (Lipinski definition) is 6. The van der Waals surface area contributed by atoms with Crippen LogP contribution in [0.5, 0.6) is 0 Å². The third kappa shape index (κ3) is 66.7. The van der Waals surface area contributed by atoms with Crippen molar-refractivity contribution in [3.8, 4) is 0 Å². The lowest BCUT2D eigenvalue weighted by Gasteiger charge is -2.18. The lowest BCUT2D eigenvalue weighted by Crippen LogP contribution is -2.30. The van der Waals surface area contributed by atoms with Crippen molar-refractivity contribution >= 4 is 17.9 Å². The van der Waals surface area contributed by atoms with Crippen molar-refractivity contribution in [1.82, 2.24) is 0 Å². The Kier molecular flexibility index (Phi) is 63.5. The molecule has 0 radical (unpaired) electrons. The van der Waals surface area contributed by atoms with E-state index in [9.17, 15) is 14.4 Å². The van der Waals surface area contributed by atoms with Gasteiger partial charge in [-0.2, -0.15) is 0 Å².